The highest BCUT2D eigenvalue weighted by molar-refractivity contribution is 5.93. The quantitative estimate of drug-likeness (QED) is 0.603. The zero-order valence-corrected chi connectivity index (χ0v) is 16.7. The molecule has 28 heavy (non-hydrogen) atoms. The van der Waals surface area contributed by atoms with Crippen molar-refractivity contribution in [2.75, 3.05) is 18.6 Å². The minimum atomic E-state index is -0.248. The van der Waals surface area contributed by atoms with Gasteiger partial charge in [0, 0.05) is 23.5 Å². The normalized spacial score (nSPS) is 16.2. The van der Waals surface area contributed by atoms with Crippen LogP contribution in [-0.4, -0.2) is 19.7 Å². The average Bonchev–Trinajstić information content (AvgIpc) is 2.74. The standard InChI is InChI=1S/C24H27NO3/c1-4-9-22-23(24(26)28-5-2)21(18-10-7-6-8-11-18)16-17-25(22)19-12-14-20(27-3)15-13-19/h6-8,10-17,21H,4-5,9H2,1-3H3. The SMILES string of the molecule is CCCC1=C(C(=O)OCC)C(c2ccccc2)C=CN1c1ccc(OC)cc1. The van der Waals surface area contributed by atoms with Crippen LogP contribution < -0.4 is 9.64 Å². The number of carbonyl (C=O) groups excluding carboxylic acids is 1. The van der Waals surface area contributed by atoms with Crippen LogP contribution in [-0.2, 0) is 9.53 Å². The zero-order valence-electron chi connectivity index (χ0n) is 16.7. The van der Waals surface area contributed by atoms with E-state index in [9.17, 15) is 4.79 Å². The number of benzene rings is 2. The van der Waals surface area contributed by atoms with Gasteiger partial charge in [-0.15, -0.1) is 0 Å². The molecule has 0 bridgehead atoms. The fraction of sp³-hybridized carbons (Fsp3) is 0.292. The summed E-state index contributed by atoms with van der Waals surface area (Å²) in [6.45, 7) is 4.32. The van der Waals surface area contributed by atoms with E-state index in [1.54, 1.807) is 7.11 Å². The van der Waals surface area contributed by atoms with Crippen molar-refractivity contribution in [2.45, 2.75) is 32.6 Å². The lowest BCUT2D eigenvalue weighted by Crippen LogP contribution is -2.28. The van der Waals surface area contributed by atoms with Crippen LogP contribution in [0.1, 0.15) is 38.2 Å². The third-order valence-electron chi connectivity index (χ3n) is 4.83. The highest BCUT2D eigenvalue weighted by Gasteiger charge is 2.31. The van der Waals surface area contributed by atoms with Crippen LogP contribution in [0.25, 0.3) is 0 Å². The number of methoxy groups -OCH3 is 1. The first-order valence-electron chi connectivity index (χ1n) is 9.76. The first-order valence-corrected chi connectivity index (χ1v) is 9.76. The van der Waals surface area contributed by atoms with Crippen molar-refractivity contribution in [3.8, 4) is 5.75 Å². The van der Waals surface area contributed by atoms with Crippen molar-refractivity contribution in [3.05, 3.63) is 83.7 Å². The monoisotopic (exact) mass is 377 g/mol. The molecular weight excluding hydrogens is 350 g/mol. The summed E-state index contributed by atoms with van der Waals surface area (Å²) >= 11 is 0. The number of carbonyl (C=O) groups is 1. The Labute approximate surface area is 167 Å². The molecule has 0 radical (unpaired) electrons. The molecule has 3 rings (SSSR count). The maximum Gasteiger partial charge on any atom is 0.336 e. The molecule has 0 amide bonds. The van der Waals surface area contributed by atoms with E-state index in [0.717, 1.165) is 35.5 Å². The second-order valence-electron chi connectivity index (χ2n) is 6.63. The van der Waals surface area contributed by atoms with Gasteiger partial charge in [-0.1, -0.05) is 49.8 Å². The molecule has 4 heteroatoms. The highest BCUT2D eigenvalue weighted by Crippen LogP contribution is 2.38. The van der Waals surface area contributed by atoms with Crippen LogP contribution in [0, 0.1) is 0 Å². The van der Waals surface area contributed by atoms with Gasteiger partial charge in [0.05, 0.1) is 19.3 Å². The van der Waals surface area contributed by atoms with Gasteiger partial charge in [-0.2, -0.15) is 0 Å². The maximum absolute atomic E-state index is 13.0. The Morgan fingerprint density at radius 1 is 1.04 bits per heavy atom. The summed E-state index contributed by atoms with van der Waals surface area (Å²) in [6, 6.07) is 18.0. The minimum Gasteiger partial charge on any atom is -0.497 e. The van der Waals surface area contributed by atoms with Gasteiger partial charge in [0.15, 0.2) is 0 Å². The number of nitrogens with zero attached hydrogens (tertiary/aromatic N) is 1. The largest absolute Gasteiger partial charge is 0.497 e. The molecule has 146 valence electrons. The van der Waals surface area contributed by atoms with E-state index in [1.165, 1.54) is 0 Å². The van der Waals surface area contributed by atoms with E-state index in [1.807, 2.05) is 49.4 Å². The summed E-state index contributed by atoms with van der Waals surface area (Å²) in [6.07, 6.45) is 5.85. The van der Waals surface area contributed by atoms with Crippen molar-refractivity contribution < 1.29 is 14.3 Å². The topological polar surface area (TPSA) is 38.8 Å². The van der Waals surface area contributed by atoms with Gasteiger partial charge in [-0.05, 0) is 43.2 Å². The van der Waals surface area contributed by atoms with Crippen molar-refractivity contribution in [2.24, 2.45) is 0 Å². The van der Waals surface area contributed by atoms with Crippen molar-refractivity contribution in [3.63, 3.8) is 0 Å². The Hall–Kier alpha value is -3.01. The number of ether oxygens (including phenoxy) is 2. The predicted molar refractivity (Wildman–Crippen MR) is 112 cm³/mol. The summed E-state index contributed by atoms with van der Waals surface area (Å²) in [5, 5.41) is 0. The smallest absolute Gasteiger partial charge is 0.336 e. The first-order chi connectivity index (χ1) is 13.7. The molecular formula is C24H27NO3. The van der Waals surface area contributed by atoms with Crippen LogP contribution in [0.4, 0.5) is 5.69 Å². The van der Waals surface area contributed by atoms with Gasteiger partial charge in [-0.3, -0.25) is 0 Å². The van der Waals surface area contributed by atoms with Gasteiger partial charge in [0.1, 0.15) is 5.75 Å². The Balaban J connectivity index is 2.10. The molecule has 1 aliphatic rings. The lowest BCUT2D eigenvalue weighted by Gasteiger charge is -2.33. The van der Waals surface area contributed by atoms with Crippen LogP contribution >= 0.6 is 0 Å². The molecule has 2 aromatic rings. The number of rotatable bonds is 7. The van der Waals surface area contributed by atoms with Crippen LogP contribution in [0.2, 0.25) is 0 Å². The van der Waals surface area contributed by atoms with Gasteiger partial charge >= 0.3 is 5.97 Å². The molecule has 1 heterocycles. The Kier molecular flexibility index (Phi) is 6.53. The van der Waals surface area contributed by atoms with E-state index in [0.29, 0.717) is 12.2 Å². The molecule has 4 nitrogen and oxygen atoms in total. The molecule has 0 aliphatic carbocycles. The maximum atomic E-state index is 13.0. The number of hydrogen-bond donors (Lipinski definition) is 0. The van der Waals surface area contributed by atoms with Gasteiger partial charge < -0.3 is 14.4 Å². The molecule has 0 saturated heterocycles. The second kappa shape index (κ2) is 9.27. The van der Waals surface area contributed by atoms with E-state index >= 15 is 0 Å². The summed E-state index contributed by atoms with van der Waals surface area (Å²) in [5.74, 6) is 0.442. The summed E-state index contributed by atoms with van der Waals surface area (Å²) in [7, 11) is 1.65. The molecule has 1 aliphatic heterocycles. The molecule has 0 saturated carbocycles. The molecule has 2 aromatic carbocycles. The van der Waals surface area contributed by atoms with Gasteiger partial charge in [-0.25, -0.2) is 4.79 Å². The van der Waals surface area contributed by atoms with E-state index in [2.05, 4.69) is 36.2 Å². The first kappa shape index (κ1) is 19.7. The predicted octanol–water partition coefficient (Wildman–Crippen LogP) is 5.43. The van der Waals surface area contributed by atoms with Crippen molar-refractivity contribution in [1.29, 1.82) is 0 Å². The third-order valence-corrected chi connectivity index (χ3v) is 4.83. The molecule has 0 aromatic heterocycles. The van der Waals surface area contributed by atoms with Gasteiger partial charge in [0.25, 0.3) is 0 Å². The third kappa shape index (κ3) is 4.11. The lowest BCUT2D eigenvalue weighted by molar-refractivity contribution is -0.138. The Morgan fingerprint density at radius 2 is 1.75 bits per heavy atom. The fourth-order valence-corrected chi connectivity index (χ4v) is 3.54. The summed E-state index contributed by atoms with van der Waals surface area (Å²) in [4.78, 5) is 15.1. The Bertz CT molecular complexity index is 853. The van der Waals surface area contributed by atoms with Crippen molar-refractivity contribution >= 4 is 11.7 Å². The lowest BCUT2D eigenvalue weighted by atomic mass is 9.86. The minimum absolute atomic E-state index is 0.115. The van der Waals surface area contributed by atoms with E-state index < -0.39 is 0 Å². The summed E-state index contributed by atoms with van der Waals surface area (Å²) < 4.78 is 10.7. The van der Waals surface area contributed by atoms with Crippen molar-refractivity contribution in [1.82, 2.24) is 0 Å². The van der Waals surface area contributed by atoms with Crippen LogP contribution in [0.15, 0.2) is 78.1 Å². The molecule has 1 atom stereocenters. The van der Waals surface area contributed by atoms with Crippen LogP contribution in [0.5, 0.6) is 5.75 Å². The zero-order chi connectivity index (χ0) is 19.9. The summed E-state index contributed by atoms with van der Waals surface area (Å²) in [5.41, 5.74) is 3.79. The number of allylic oxidation sites excluding steroid dienone is 2. The molecule has 0 N–H and O–H groups in total. The number of anilines is 1. The second-order valence-corrected chi connectivity index (χ2v) is 6.63. The Morgan fingerprint density at radius 3 is 2.36 bits per heavy atom. The average molecular weight is 377 g/mol. The number of esters is 1. The van der Waals surface area contributed by atoms with E-state index in [-0.39, 0.29) is 11.9 Å². The van der Waals surface area contributed by atoms with Crippen LogP contribution in [0.3, 0.4) is 0 Å². The van der Waals surface area contributed by atoms with E-state index in [4.69, 9.17) is 9.47 Å². The highest BCUT2D eigenvalue weighted by atomic mass is 16.5. The van der Waals surface area contributed by atoms with Gasteiger partial charge in [0.2, 0.25) is 0 Å². The molecule has 0 fully saturated rings. The fourth-order valence-electron chi connectivity index (χ4n) is 3.54. The number of hydrogen-bond acceptors (Lipinski definition) is 4. The molecule has 1 unspecified atom stereocenters. The molecule has 0 spiro atoms.